The standard InChI is InChI=1S/C14H14BrFINS/c1-2-18-13(10-7-14(17)19-8-10)6-9-5-11(16)3-4-12(9)15/h3-5,7-8,13,18H,2,6H2,1H3. The van der Waals surface area contributed by atoms with Crippen LogP contribution in [0.5, 0.6) is 0 Å². The van der Waals surface area contributed by atoms with Gasteiger partial charge in [0.2, 0.25) is 0 Å². The van der Waals surface area contributed by atoms with Crippen LogP contribution in [-0.4, -0.2) is 6.54 Å². The van der Waals surface area contributed by atoms with E-state index in [9.17, 15) is 4.39 Å². The average molecular weight is 454 g/mol. The van der Waals surface area contributed by atoms with Crippen LogP contribution >= 0.6 is 49.9 Å². The van der Waals surface area contributed by atoms with Gasteiger partial charge in [0.05, 0.1) is 2.88 Å². The van der Waals surface area contributed by atoms with Crippen molar-refractivity contribution in [3.63, 3.8) is 0 Å². The molecule has 0 aliphatic heterocycles. The van der Waals surface area contributed by atoms with E-state index in [0.29, 0.717) is 0 Å². The first-order valence-electron chi connectivity index (χ1n) is 6.01. The monoisotopic (exact) mass is 453 g/mol. The van der Waals surface area contributed by atoms with E-state index in [0.717, 1.165) is 23.0 Å². The molecule has 0 aliphatic rings. The van der Waals surface area contributed by atoms with Crippen molar-refractivity contribution < 1.29 is 4.39 Å². The Balaban J connectivity index is 2.23. The third-order valence-corrected chi connectivity index (χ3v) is 5.45. The summed E-state index contributed by atoms with van der Waals surface area (Å²) >= 11 is 7.56. The Labute approximate surface area is 138 Å². The Morgan fingerprint density at radius 2 is 2.21 bits per heavy atom. The summed E-state index contributed by atoms with van der Waals surface area (Å²) in [4.78, 5) is 0. The highest BCUT2D eigenvalue weighted by Crippen LogP contribution is 2.28. The predicted octanol–water partition coefficient (Wildman–Crippen LogP) is 5.15. The first-order valence-corrected chi connectivity index (χ1v) is 8.76. The fourth-order valence-corrected chi connectivity index (χ4v) is 3.81. The van der Waals surface area contributed by atoms with Crippen molar-refractivity contribution in [1.29, 1.82) is 0 Å². The lowest BCUT2D eigenvalue weighted by atomic mass is 10.0. The minimum Gasteiger partial charge on any atom is -0.310 e. The molecule has 1 heterocycles. The van der Waals surface area contributed by atoms with E-state index in [1.54, 1.807) is 23.5 Å². The molecule has 0 saturated carbocycles. The van der Waals surface area contributed by atoms with Gasteiger partial charge >= 0.3 is 0 Å². The van der Waals surface area contributed by atoms with Gasteiger partial charge in [-0.15, -0.1) is 11.3 Å². The molecule has 19 heavy (non-hydrogen) atoms. The number of hydrogen-bond acceptors (Lipinski definition) is 2. The number of halogens is 3. The van der Waals surface area contributed by atoms with Crippen molar-refractivity contribution in [3.8, 4) is 0 Å². The molecule has 5 heteroatoms. The molecule has 0 radical (unpaired) electrons. The lowest BCUT2D eigenvalue weighted by Gasteiger charge is -2.18. The van der Waals surface area contributed by atoms with E-state index in [2.05, 4.69) is 62.2 Å². The van der Waals surface area contributed by atoms with Crippen LogP contribution < -0.4 is 5.32 Å². The maximum atomic E-state index is 13.3. The first-order chi connectivity index (χ1) is 9.10. The van der Waals surface area contributed by atoms with Gasteiger partial charge in [-0.1, -0.05) is 22.9 Å². The Morgan fingerprint density at radius 3 is 2.84 bits per heavy atom. The summed E-state index contributed by atoms with van der Waals surface area (Å²) in [5.74, 6) is -0.187. The van der Waals surface area contributed by atoms with Crippen molar-refractivity contribution in [2.45, 2.75) is 19.4 Å². The maximum absolute atomic E-state index is 13.3. The average Bonchev–Trinajstić information content (AvgIpc) is 2.80. The van der Waals surface area contributed by atoms with Crippen molar-refractivity contribution >= 4 is 49.9 Å². The minimum absolute atomic E-state index is 0.187. The molecule has 0 spiro atoms. The summed E-state index contributed by atoms with van der Waals surface area (Å²) in [5, 5.41) is 5.64. The molecule has 0 fully saturated rings. The topological polar surface area (TPSA) is 12.0 Å². The summed E-state index contributed by atoms with van der Waals surface area (Å²) < 4.78 is 15.6. The van der Waals surface area contributed by atoms with Crippen LogP contribution in [0.3, 0.4) is 0 Å². The summed E-state index contributed by atoms with van der Waals surface area (Å²) in [5.41, 5.74) is 2.26. The van der Waals surface area contributed by atoms with E-state index in [4.69, 9.17) is 0 Å². The van der Waals surface area contributed by atoms with Crippen LogP contribution in [0.15, 0.2) is 34.1 Å². The van der Waals surface area contributed by atoms with Crippen LogP contribution in [0, 0.1) is 8.70 Å². The molecule has 1 aromatic heterocycles. The zero-order valence-electron chi connectivity index (χ0n) is 10.4. The Hall–Kier alpha value is 0.0200. The fraction of sp³-hybridized carbons (Fsp3) is 0.286. The van der Waals surface area contributed by atoms with Gasteiger partial charge in [0.25, 0.3) is 0 Å². The highest BCUT2D eigenvalue weighted by Gasteiger charge is 2.15. The molecule has 1 N–H and O–H groups in total. The van der Waals surface area contributed by atoms with Crippen molar-refractivity contribution in [1.82, 2.24) is 5.32 Å². The third kappa shape index (κ3) is 4.24. The van der Waals surface area contributed by atoms with Crippen LogP contribution in [0.2, 0.25) is 0 Å². The van der Waals surface area contributed by atoms with Gasteiger partial charge in [0.1, 0.15) is 5.82 Å². The van der Waals surface area contributed by atoms with Gasteiger partial charge in [0.15, 0.2) is 0 Å². The number of likely N-dealkylation sites (N-methyl/N-ethyl adjacent to an activating group) is 1. The Morgan fingerprint density at radius 1 is 1.42 bits per heavy atom. The number of benzene rings is 1. The second kappa shape index (κ2) is 7.15. The maximum Gasteiger partial charge on any atom is 0.123 e. The van der Waals surface area contributed by atoms with E-state index in [1.165, 1.54) is 14.5 Å². The van der Waals surface area contributed by atoms with Gasteiger partial charge < -0.3 is 5.32 Å². The highest BCUT2D eigenvalue weighted by atomic mass is 127. The largest absolute Gasteiger partial charge is 0.310 e. The third-order valence-electron chi connectivity index (χ3n) is 2.87. The Bertz CT molecular complexity index is 558. The van der Waals surface area contributed by atoms with Crippen molar-refractivity contribution in [2.75, 3.05) is 6.54 Å². The van der Waals surface area contributed by atoms with Crippen LogP contribution in [-0.2, 0) is 6.42 Å². The molecule has 0 bridgehead atoms. The van der Waals surface area contributed by atoms with E-state index in [-0.39, 0.29) is 11.9 Å². The summed E-state index contributed by atoms with van der Waals surface area (Å²) in [7, 11) is 0. The molecule has 0 saturated heterocycles. The van der Waals surface area contributed by atoms with Gasteiger partial charge in [-0.3, -0.25) is 0 Å². The summed E-state index contributed by atoms with van der Waals surface area (Å²) in [6, 6.07) is 7.26. The van der Waals surface area contributed by atoms with Gasteiger partial charge in [-0.25, -0.2) is 4.39 Å². The molecule has 1 atom stereocenters. The number of hydrogen-bond donors (Lipinski definition) is 1. The molecule has 2 aromatic rings. The number of rotatable bonds is 5. The normalized spacial score (nSPS) is 12.6. The first kappa shape index (κ1) is 15.4. The van der Waals surface area contributed by atoms with Gasteiger partial charge in [-0.05, 0) is 76.3 Å². The van der Waals surface area contributed by atoms with Crippen LogP contribution in [0.1, 0.15) is 24.1 Å². The van der Waals surface area contributed by atoms with Crippen molar-refractivity contribution in [2.24, 2.45) is 0 Å². The van der Waals surface area contributed by atoms with E-state index in [1.807, 2.05) is 0 Å². The summed E-state index contributed by atoms with van der Waals surface area (Å²) in [6.07, 6.45) is 0.777. The summed E-state index contributed by atoms with van der Waals surface area (Å²) in [6.45, 7) is 2.98. The van der Waals surface area contributed by atoms with E-state index >= 15 is 0 Å². The van der Waals surface area contributed by atoms with Gasteiger partial charge in [0, 0.05) is 10.5 Å². The molecule has 0 amide bonds. The molecule has 102 valence electrons. The van der Waals surface area contributed by atoms with Crippen LogP contribution in [0.4, 0.5) is 4.39 Å². The second-order valence-electron chi connectivity index (χ2n) is 4.23. The highest BCUT2D eigenvalue weighted by molar-refractivity contribution is 14.1. The molecular weight excluding hydrogens is 440 g/mol. The SMILES string of the molecule is CCNC(Cc1cc(F)ccc1Br)c1csc(I)c1. The fourth-order valence-electron chi connectivity index (χ4n) is 1.98. The minimum atomic E-state index is -0.187. The smallest absolute Gasteiger partial charge is 0.123 e. The lowest BCUT2D eigenvalue weighted by Crippen LogP contribution is -2.22. The Kier molecular flexibility index (Phi) is 5.80. The van der Waals surface area contributed by atoms with Crippen LogP contribution in [0.25, 0.3) is 0 Å². The molecule has 2 rings (SSSR count). The molecular formula is C14H14BrFINS. The molecule has 1 aromatic carbocycles. The zero-order chi connectivity index (χ0) is 13.8. The second-order valence-corrected chi connectivity index (χ2v) is 7.89. The van der Waals surface area contributed by atoms with E-state index < -0.39 is 0 Å². The molecule has 1 unspecified atom stereocenters. The molecule has 0 aliphatic carbocycles. The number of thiophene rings is 1. The van der Waals surface area contributed by atoms with Crippen molar-refractivity contribution in [3.05, 3.63) is 53.9 Å². The molecule has 1 nitrogen and oxygen atoms in total. The predicted molar refractivity (Wildman–Crippen MR) is 91.3 cm³/mol. The number of nitrogens with one attached hydrogen (secondary N) is 1. The zero-order valence-corrected chi connectivity index (χ0v) is 15.0. The van der Waals surface area contributed by atoms with Gasteiger partial charge in [-0.2, -0.15) is 0 Å². The lowest BCUT2D eigenvalue weighted by molar-refractivity contribution is 0.547. The quantitative estimate of drug-likeness (QED) is 0.617.